The number of aromatic nitrogens is 2. The van der Waals surface area contributed by atoms with E-state index in [1.165, 1.54) is 11.3 Å². The standard InChI is InChI=1S/C19H14N4O5S2/c1-30(27,28)13-7-11(6-12(8-13)23(25)26)18(24)22-19-21-17(10-29-19)15-9-20-16-5-3-2-4-14(15)16/h2-10,20H,1H3,(H,21,22,24). The summed E-state index contributed by atoms with van der Waals surface area (Å²) in [5.41, 5.74) is 1.85. The van der Waals surface area contributed by atoms with Crippen LogP contribution in [-0.2, 0) is 9.84 Å². The van der Waals surface area contributed by atoms with Crippen LogP contribution < -0.4 is 5.32 Å². The number of non-ortho nitro benzene ring substituents is 1. The molecule has 2 N–H and O–H groups in total. The van der Waals surface area contributed by atoms with Gasteiger partial charge in [-0.25, -0.2) is 13.4 Å². The summed E-state index contributed by atoms with van der Waals surface area (Å²) >= 11 is 1.19. The van der Waals surface area contributed by atoms with Crippen LogP contribution in [0.1, 0.15) is 10.4 Å². The van der Waals surface area contributed by atoms with E-state index in [2.05, 4.69) is 15.3 Å². The van der Waals surface area contributed by atoms with E-state index in [9.17, 15) is 23.3 Å². The Labute approximate surface area is 174 Å². The molecular formula is C19H14N4O5S2. The molecule has 11 heteroatoms. The highest BCUT2D eigenvalue weighted by molar-refractivity contribution is 7.90. The van der Waals surface area contributed by atoms with E-state index < -0.39 is 26.4 Å². The largest absolute Gasteiger partial charge is 0.360 e. The van der Waals surface area contributed by atoms with Crippen LogP contribution in [-0.4, -0.2) is 35.5 Å². The average molecular weight is 442 g/mol. The minimum absolute atomic E-state index is 0.145. The van der Waals surface area contributed by atoms with Crippen molar-refractivity contribution in [3.63, 3.8) is 0 Å². The van der Waals surface area contributed by atoms with E-state index >= 15 is 0 Å². The summed E-state index contributed by atoms with van der Waals surface area (Å²) in [5.74, 6) is -0.691. The second kappa shape index (κ2) is 7.35. The Morgan fingerprint density at radius 1 is 1.23 bits per heavy atom. The maximum Gasteiger partial charge on any atom is 0.271 e. The van der Waals surface area contributed by atoms with Crippen LogP contribution in [0.3, 0.4) is 0 Å². The molecule has 0 fully saturated rings. The Kier molecular flexibility index (Phi) is 4.84. The number of aromatic amines is 1. The van der Waals surface area contributed by atoms with Gasteiger partial charge in [0.25, 0.3) is 11.6 Å². The van der Waals surface area contributed by atoms with Gasteiger partial charge < -0.3 is 4.98 Å². The van der Waals surface area contributed by atoms with Gasteiger partial charge in [-0.05, 0) is 12.1 Å². The van der Waals surface area contributed by atoms with Crippen molar-refractivity contribution < 1.29 is 18.1 Å². The third-order valence-corrected chi connectivity index (χ3v) is 6.23. The molecule has 2 heterocycles. The number of amides is 1. The number of nitrogens with one attached hydrogen (secondary N) is 2. The lowest BCUT2D eigenvalue weighted by Gasteiger charge is -2.05. The lowest BCUT2D eigenvalue weighted by atomic mass is 10.1. The first-order valence-electron chi connectivity index (χ1n) is 8.55. The van der Waals surface area contributed by atoms with Crippen LogP contribution in [0, 0.1) is 10.1 Å². The van der Waals surface area contributed by atoms with Gasteiger partial charge in [0.1, 0.15) is 0 Å². The third-order valence-electron chi connectivity index (χ3n) is 4.38. The van der Waals surface area contributed by atoms with Crippen molar-refractivity contribution in [3.8, 4) is 11.3 Å². The van der Waals surface area contributed by atoms with Crippen molar-refractivity contribution in [1.82, 2.24) is 9.97 Å². The second-order valence-corrected chi connectivity index (χ2v) is 9.36. The summed E-state index contributed by atoms with van der Waals surface area (Å²) in [6.45, 7) is 0. The fourth-order valence-corrected chi connectivity index (χ4v) is 4.32. The molecule has 2 aromatic carbocycles. The van der Waals surface area contributed by atoms with Gasteiger partial charge in [-0.15, -0.1) is 11.3 Å². The highest BCUT2D eigenvalue weighted by Gasteiger charge is 2.20. The molecule has 4 aromatic rings. The number of nitrogens with zero attached hydrogens (tertiary/aromatic N) is 2. The van der Waals surface area contributed by atoms with E-state index in [1.807, 2.05) is 30.5 Å². The maximum atomic E-state index is 12.6. The summed E-state index contributed by atoms with van der Waals surface area (Å²) in [4.78, 5) is 30.2. The molecule has 0 atom stereocenters. The number of thiazole rings is 1. The number of rotatable bonds is 5. The van der Waals surface area contributed by atoms with Gasteiger partial charge in [-0.2, -0.15) is 0 Å². The number of nitro benzene ring substituents is 1. The Hall–Kier alpha value is -3.57. The van der Waals surface area contributed by atoms with Gasteiger partial charge in [0.15, 0.2) is 15.0 Å². The highest BCUT2D eigenvalue weighted by atomic mass is 32.2. The number of benzene rings is 2. The molecule has 0 aliphatic heterocycles. The molecule has 4 rings (SSSR count). The van der Waals surface area contributed by atoms with E-state index in [-0.39, 0.29) is 15.6 Å². The molecule has 1 amide bonds. The van der Waals surface area contributed by atoms with Crippen molar-refractivity contribution in [2.45, 2.75) is 4.90 Å². The van der Waals surface area contributed by atoms with Crippen molar-refractivity contribution in [1.29, 1.82) is 0 Å². The van der Waals surface area contributed by atoms with Gasteiger partial charge in [0.2, 0.25) is 0 Å². The second-order valence-electron chi connectivity index (χ2n) is 6.48. The summed E-state index contributed by atoms with van der Waals surface area (Å²) < 4.78 is 23.6. The minimum Gasteiger partial charge on any atom is -0.360 e. The smallest absolute Gasteiger partial charge is 0.271 e. The number of nitro groups is 1. The molecule has 0 spiro atoms. The minimum atomic E-state index is -3.73. The lowest BCUT2D eigenvalue weighted by molar-refractivity contribution is -0.385. The number of hydrogen-bond donors (Lipinski definition) is 2. The fourth-order valence-electron chi connectivity index (χ4n) is 2.94. The highest BCUT2D eigenvalue weighted by Crippen LogP contribution is 2.31. The van der Waals surface area contributed by atoms with Crippen LogP contribution in [0.15, 0.2) is 58.9 Å². The number of fused-ring (bicyclic) bond motifs is 1. The molecule has 0 saturated carbocycles. The molecule has 0 bridgehead atoms. The Balaban J connectivity index is 1.64. The van der Waals surface area contributed by atoms with Crippen molar-refractivity contribution in [3.05, 3.63) is 69.7 Å². The van der Waals surface area contributed by atoms with E-state index in [1.54, 1.807) is 5.38 Å². The zero-order chi connectivity index (χ0) is 21.5. The SMILES string of the molecule is CS(=O)(=O)c1cc(C(=O)Nc2nc(-c3c[nH]c4ccccc34)cs2)cc([N+](=O)[O-])c1. The van der Waals surface area contributed by atoms with Crippen LogP contribution in [0.25, 0.3) is 22.2 Å². The summed E-state index contributed by atoms with van der Waals surface area (Å²) in [7, 11) is -3.73. The fraction of sp³-hybridized carbons (Fsp3) is 0.0526. The first-order chi connectivity index (χ1) is 14.2. The van der Waals surface area contributed by atoms with Crippen molar-refractivity contribution in [2.75, 3.05) is 11.6 Å². The number of anilines is 1. The van der Waals surface area contributed by atoms with Gasteiger partial charge >= 0.3 is 0 Å². The first-order valence-corrected chi connectivity index (χ1v) is 11.3. The lowest BCUT2D eigenvalue weighted by Crippen LogP contribution is -2.13. The van der Waals surface area contributed by atoms with Gasteiger partial charge in [-0.3, -0.25) is 20.2 Å². The number of H-pyrrole nitrogens is 1. The number of para-hydroxylation sites is 1. The number of carbonyl (C=O) groups excluding carboxylic acids is 1. The number of hydrogen-bond acceptors (Lipinski definition) is 7. The molecular weight excluding hydrogens is 428 g/mol. The van der Waals surface area contributed by atoms with Gasteiger partial charge in [0, 0.05) is 52.0 Å². The first kappa shape index (κ1) is 19.7. The molecule has 2 aromatic heterocycles. The number of sulfone groups is 1. The molecule has 0 saturated heterocycles. The van der Waals surface area contributed by atoms with Crippen LogP contribution in [0.4, 0.5) is 10.8 Å². The number of carbonyl (C=O) groups is 1. The normalized spacial score (nSPS) is 11.5. The summed E-state index contributed by atoms with van der Waals surface area (Å²) in [6.07, 6.45) is 2.74. The van der Waals surface area contributed by atoms with Gasteiger partial charge in [0.05, 0.1) is 15.5 Å². The van der Waals surface area contributed by atoms with Crippen LogP contribution in [0.2, 0.25) is 0 Å². The monoisotopic (exact) mass is 442 g/mol. The Morgan fingerprint density at radius 3 is 2.73 bits per heavy atom. The average Bonchev–Trinajstić information content (AvgIpc) is 3.33. The molecule has 30 heavy (non-hydrogen) atoms. The van der Waals surface area contributed by atoms with Gasteiger partial charge in [-0.1, -0.05) is 18.2 Å². The van der Waals surface area contributed by atoms with E-state index in [4.69, 9.17) is 0 Å². The molecule has 0 aliphatic carbocycles. The topological polar surface area (TPSA) is 135 Å². The zero-order valence-corrected chi connectivity index (χ0v) is 17.1. The quantitative estimate of drug-likeness (QED) is 0.356. The molecule has 0 unspecified atom stereocenters. The maximum absolute atomic E-state index is 12.6. The summed E-state index contributed by atoms with van der Waals surface area (Å²) in [5, 5.41) is 16.7. The van der Waals surface area contributed by atoms with E-state index in [0.717, 1.165) is 40.9 Å². The predicted octanol–water partition coefficient (Wildman–Crippen LogP) is 3.86. The Bertz CT molecular complexity index is 1410. The molecule has 152 valence electrons. The Morgan fingerprint density at radius 2 is 2.00 bits per heavy atom. The molecule has 0 aliphatic rings. The molecule has 0 radical (unpaired) electrons. The third kappa shape index (κ3) is 3.80. The zero-order valence-electron chi connectivity index (χ0n) is 15.4. The van der Waals surface area contributed by atoms with Crippen LogP contribution >= 0.6 is 11.3 Å². The summed E-state index contributed by atoms with van der Waals surface area (Å²) in [6, 6.07) is 10.8. The van der Waals surface area contributed by atoms with Crippen LogP contribution in [0.5, 0.6) is 0 Å². The van der Waals surface area contributed by atoms with Crippen molar-refractivity contribution in [2.24, 2.45) is 0 Å². The predicted molar refractivity (Wildman–Crippen MR) is 114 cm³/mol. The molecule has 9 nitrogen and oxygen atoms in total. The van der Waals surface area contributed by atoms with E-state index in [0.29, 0.717) is 5.69 Å². The van der Waals surface area contributed by atoms with Crippen molar-refractivity contribution >= 4 is 48.8 Å².